The molecule has 0 spiro atoms. The van der Waals surface area contributed by atoms with Crippen molar-refractivity contribution in [1.82, 2.24) is 10.2 Å². The summed E-state index contributed by atoms with van der Waals surface area (Å²) in [6.45, 7) is 3.80. The van der Waals surface area contributed by atoms with E-state index in [4.69, 9.17) is 4.74 Å². The third-order valence-corrected chi connectivity index (χ3v) is 5.08. The van der Waals surface area contributed by atoms with Crippen molar-refractivity contribution in [2.24, 2.45) is 0 Å². The Hall–Kier alpha value is -2.47. The quantitative estimate of drug-likeness (QED) is 0.737. The van der Waals surface area contributed by atoms with Gasteiger partial charge in [0, 0.05) is 36.8 Å². The Morgan fingerprint density at radius 2 is 1.89 bits per heavy atom. The van der Waals surface area contributed by atoms with E-state index >= 15 is 0 Å². The molecule has 28 heavy (non-hydrogen) atoms. The first kappa shape index (κ1) is 20.3. The molecule has 1 unspecified atom stereocenters. The maximum atomic E-state index is 13.9. The number of carbonyl (C=O) groups is 1. The van der Waals surface area contributed by atoms with Gasteiger partial charge in [-0.1, -0.05) is 37.3 Å². The van der Waals surface area contributed by atoms with E-state index in [0.717, 1.165) is 44.0 Å². The second kappa shape index (κ2) is 9.64. The van der Waals surface area contributed by atoms with E-state index in [9.17, 15) is 13.6 Å². The number of hydrogen-bond donors (Lipinski definition) is 1. The molecular formula is C22H26F2N2O2. The molecule has 0 saturated carbocycles. The van der Waals surface area contributed by atoms with E-state index < -0.39 is 11.6 Å². The zero-order valence-corrected chi connectivity index (χ0v) is 16.1. The van der Waals surface area contributed by atoms with E-state index in [-0.39, 0.29) is 30.7 Å². The van der Waals surface area contributed by atoms with Gasteiger partial charge in [-0.05, 0) is 31.4 Å². The molecule has 4 nitrogen and oxygen atoms in total. The first-order chi connectivity index (χ1) is 13.6. The Bertz CT molecular complexity index is 807. The Kier molecular flexibility index (Phi) is 6.98. The van der Waals surface area contributed by atoms with Gasteiger partial charge in [0.15, 0.2) is 18.2 Å². The third-order valence-electron chi connectivity index (χ3n) is 5.08. The average molecular weight is 388 g/mol. The number of carbonyl (C=O) groups excluding carboxylic acids is 1. The second-order valence-electron chi connectivity index (χ2n) is 6.97. The number of hydrogen-bond acceptors (Lipinski definition) is 3. The third kappa shape index (κ3) is 4.87. The number of amides is 1. The first-order valence-electron chi connectivity index (χ1n) is 9.76. The Labute approximate surface area is 164 Å². The number of ether oxygens (including phenoxy) is 1. The monoisotopic (exact) mass is 388 g/mol. The second-order valence-corrected chi connectivity index (χ2v) is 6.97. The van der Waals surface area contributed by atoms with Gasteiger partial charge in [0.25, 0.3) is 5.91 Å². The van der Waals surface area contributed by atoms with Gasteiger partial charge in [-0.2, -0.15) is 0 Å². The van der Waals surface area contributed by atoms with Crippen molar-refractivity contribution in [3.63, 3.8) is 0 Å². The summed E-state index contributed by atoms with van der Waals surface area (Å²) in [7, 11) is 0. The van der Waals surface area contributed by atoms with Crippen molar-refractivity contribution in [1.29, 1.82) is 0 Å². The topological polar surface area (TPSA) is 41.6 Å². The molecule has 6 heteroatoms. The van der Waals surface area contributed by atoms with Crippen LogP contribution in [0.4, 0.5) is 8.78 Å². The molecule has 2 aromatic rings. The van der Waals surface area contributed by atoms with Crippen molar-refractivity contribution in [2.45, 2.75) is 38.8 Å². The minimum Gasteiger partial charge on any atom is -0.483 e. The van der Waals surface area contributed by atoms with Crippen LogP contribution < -0.4 is 10.1 Å². The molecule has 150 valence electrons. The zero-order chi connectivity index (χ0) is 19.9. The molecule has 1 heterocycles. The number of para-hydroxylation sites is 1. The molecule has 3 rings (SSSR count). The molecule has 1 aliphatic rings. The number of nitrogens with one attached hydrogen (secondary N) is 1. The van der Waals surface area contributed by atoms with Gasteiger partial charge in [0.2, 0.25) is 0 Å². The lowest BCUT2D eigenvalue weighted by molar-refractivity contribution is -0.132. The highest BCUT2D eigenvalue weighted by atomic mass is 19.2. The number of halogens is 2. The molecule has 1 saturated heterocycles. The van der Waals surface area contributed by atoms with Gasteiger partial charge >= 0.3 is 0 Å². The number of benzene rings is 2. The fourth-order valence-electron chi connectivity index (χ4n) is 3.49. The maximum Gasteiger partial charge on any atom is 0.260 e. The molecule has 0 bridgehead atoms. The summed E-state index contributed by atoms with van der Waals surface area (Å²) in [5, 5.41) is 3.27. The lowest BCUT2D eigenvalue weighted by Crippen LogP contribution is -2.32. The van der Waals surface area contributed by atoms with Gasteiger partial charge in [-0.15, -0.1) is 0 Å². The molecule has 1 aliphatic heterocycles. The number of likely N-dealkylation sites (tertiary alicyclic amines) is 1. The fraction of sp³-hybridized carbons (Fsp3) is 0.409. The Balaban J connectivity index is 1.66. The maximum absolute atomic E-state index is 13.9. The molecule has 1 amide bonds. The zero-order valence-electron chi connectivity index (χ0n) is 16.1. The summed E-state index contributed by atoms with van der Waals surface area (Å²) < 4.78 is 33.2. The Morgan fingerprint density at radius 1 is 1.14 bits per heavy atom. The van der Waals surface area contributed by atoms with Gasteiger partial charge < -0.3 is 15.0 Å². The van der Waals surface area contributed by atoms with Crippen LogP contribution in [0.3, 0.4) is 0 Å². The van der Waals surface area contributed by atoms with Crippen molar-refractivity contribution in [3.8, 4) is 5.75 Å². The van der Waals surface area contributed by atoms with E-state index in [1.165, 1.54) is 6.07 Å². The predicted molar refractivity (Wildman–Crippen MR) is 104 cm³/mol. The summed E-state index contributed by atoms with van der Waals surface area (Å²) in [4.78, 5) is 14.1. The minimum absolute atomic E-state index is 0.00450. The molecular weight excluding hydrogens is 362 g/mol. The van der Waals surface area contributed by atoms with Crippen LogP contribution in [0, 0.1) is 11.6 Å². The van der Waals surface area contributed by atoms with E-state index in [1.54, 1.807) is 6.07 Å². The largest absolute Gasteiger partial charge is 0.483 e. The van der Waals surface area contributed by atoms with Crippen LogP contribution in [0.25, 0.3) is 0 Å². The minimum atomic E-state index is -0.850. The fourth-order valence-corrected chi connectivity index (χ4v) is 3.49. The van der Waals surface area contributed by atoms with Crippen LogP contribution in [0.15, 0.2) is 42.5 Å². The van der Waals surface area contributed by atoms with Crippen LogP contribution in [0.1, 0.15) is 43.4 Å². The predicted octanol–water partition coefficient (Wildman–Crippen LogP) is 4.21. The van der Waals surface area contributed by atoms with Crippen molar-refractivity contribution in [3.05, 3.63) is 65.2 Å². The summed E-state index contributed by atoms with van der Waals surface area (Å²) in [6.07, 6.45) is 2.82. The molecule has 0 radical (unpaired) electrons. The van der Waals surface area contributed by atoms with E-state index in [2.05, 4.69) is 5.32 Å². The SMILES string of the molecule is CCC(NCc1cccc(F)c1F)c1ccccc1OCC(=O)N1CCCC1. The van der Waals surface area contributed by atoms with Crippen LogP contribution in [-0.2, 0) is 11.3 Å². The number of nitrogens with zero attached hydrogens (tertiary/aromatic N) is 1. The highest BCUT2D eigenvalue weighted by molar-refractivity contribution is 5.78. The molecule has 1 fully saturated rings. The standard InChI is InChI=1S/C22H26F2N2O2/c1-2-19(25-14-16-8-7-10-18(23)22(16)24)17-9-3-4-11-20(17)28-15-21(27)26-12-5-6-13-26/h3-4,7-11,19,25H,2,5-6,12-15H2,1H3. The molecule has 1 atom stereocenters. The lowest BCUT2D eigenvalue weighted by atomic mass is 10.0. The smallest absolute Gasteiger partial charge is 0.260 e. The number of rotatable bonds is 8. The highest BCUT2D eigenvalue weighted by Gasteiger charge is 2.20. The highest BCUT2D eigenvalue weighted by Crippen LogP contribution is 2.28. The van der Waals surface area contributed by atoms with Crippen LogP contribution in [0.2, 0.25) is 0 Å². The van der Waals surface area contributed by atoms with Gasteiger partial charge in [-0.25, -0.2) is 8.78 Å². The first-order valence-corrected chi connectivity index (χ1v) is 9.76. The average Bonchev–Trinajstić information content (AvgIpc) is 3.25. The summed E-state index contributed by atoms with van der Waals surface area (Å²) in [5.74, 6) is -1.05. The van der Waals surface area contributed by atoms with Gasteiger partial charge in [0.05, 0.1) is 0 Å². The Morgan fingerprint density at radius 3 is 2.64 bits per heavy atom. The van der Waals surface area contributed by atoms with Crippen LogP contribution in [0.5, 0.6) is 5.75 Å². The van der Waals surface area contributed by atoms with E-state index in [0.29, 0.717) is 5.75 Å². The summed E-state index contributed by atoms with van der Waals surface area (Å²) >= 11 is 0. The van der Waals surface area contributed by atoms with Crippen molar-refractivity contribution in [2.75, 3.05) is 19.7 Å². The van der Waals surface area contributed by atoms with Crippen LogP contribution in [-0.4, -0.2) is 30.5 Å². The van der Waals surface area contributed by atoms with Gasteiger partial charge in [-0.3, -0.25) is 4.79 Å². The normalized spacial score (nSPS) is 14.9. The lowest BCUT2D eigenvalue weighted by Gasteiger charge is -2.22. The summed E-state index contributed by atoms with van der Waals surface area (Å²) in [6, 6.07) is 11.6. The molecule has 0 aromatic heterocycles. The molecule has 2 aromatic carbocycles. The van der Waals surface area contributed by atoms with Crippen LogP contribution >= 0.6 is 0 Å². The molecule has 0 aliphatic carbocycles. The van der Waals surface area contributed by atoms with Crippen molar-refractivity contribution >= 4 is 5.91 Å². The summed E-state index contributed by atoms with van der Waals surface area (Å²) in [5.41, 5.74) is 1.18. The van der Waals surface area contributed by atoms with Crippen molar-refractivity contribution < 1.29 is 18.3 Å². The van der Waals surface area contributed by atoms with E-state index in [1.807, 2.05) is 36.1 Å². The molecule has 1 N–H and O–H groups in total. The van der Waals surface area contributed by atoms with Gasteiger partial charge in [0.1, 0.15) is 5.75 Å².